The van der Waals surface area contributed by atoms with Crippen LogP contribution in [-0.2, 0) is 0 Å². The maximum atomic E-state index is 11.5. The molecule has 0 saturated heterocycles. The highest BCUT2D eigenvalue weighted by atomic mass is 16.6. The maximum Gasteiger partial charge on any atom is 0.335 e. The highest BCUT2D eigenvalue weighted by molar-refractivity contribution is 6.03. The van der Waals surface area contributed by atoms with Crippen LogP contribution in [0, 0.1) is 10.1 Å². The number of fused-ring (bicyclic) bond motifs is 1. The van der Waals surface area contributed by atoms with Gasteiger partial charge in [-0.05, 0) is 6.07 Å². The summed E-state index contributed by atoms with van der Waals surface area (Å²) in [5, 5.41) is 19.6. The predicted octanol–water partition coefficient (Wildman–Crippen LogP) is 1.26. The average molecular weight is 237 g/mol. The molecule has 0 radical (unpaired) electrons. The number of nitro benzene ring substituents is 1. The number of nitrogens with zero attached hydrogens (tertiary/aromatic N) is 1. The van der Waals surface area contributed by atoms with Crippen LogP contribution < -0.4 is 4.74 Å². The first-order valence-electron chi connectivity index (χ1n) is 4.72. The molecule has 0 bridgehead atoms. The first-order chi connectivity index (χ1) is 8.00. The van der Waals surface area contributed by atoms with Crippen molar-refractivity contribution in [2.75, 3.05) is 6.61 Å². The van der Waals surface area contributed by atoms with Crippen molar-refractivity contribution in [1.29, 1.82) is 0 Å². The maximum absolute atomic E-state index is 11.5. The highest BCUT2D eigenvalue weighted by Crippen LogP contribution is 2.35. The third-order valence-electron chi connectivity index (χ3n) is 2.39. The Hall–Kier alpha value is -2.44. The molecule has 1 aromatic rings. The zero-order valence-corrected chi connectivity index (χ0v) is 8.50. The van der Waals surface area contributed by atoms with E-state index in [1.807, 2.05) is 0 Å². The number of carboxylic acids is 1. The van der Waals surface area contributed by atoms with Crippen LogP contribution in [0.1, 0.15) is 27.1 Å². The normalized spacial score (nSPS) is 13.8. The van der Waals surface area contributed by atoms with Crippen molar-refractivity contribution < 1.29 is 24.4 Å². The minimum Gasteiger partial charge on any atom is -0.486 e. The second-order valence-corrected chi connectivity index (χ2v) is 3.46. The SMILES string of the molecule is O=C(O)c1cc2c(c([N+](=O)[O-])c1)OCCC2=O. The summed E-state index contributed by atoms with van der Waals surface area (Å²) in [6, 6.07) is 1.99. The third-order valence-corrected chi connectivity index (χ3v) is 2.39. The number of ketones is 1. The predicted molar refractivity (Wildman–Crippen MR) is 54.5 cm³/mol. The molecule has 1 aliphatic heterocycles. The van der Waals surface area contributed by atoms with Crippen molar-refractivity contribution in [2.24, 2.45) is 0 Å². The van der Waals surface area contributed by atoms with E-state index in [9.17, 15) is 19.7 Å². The van der Waals surface area contributed by atoms with Gasteiger partial charge in [-0.1, -0.05) is 0 Å². The molecule has 88 valence electrons. The number of benzene rings is 1. The van der Waals surface area contributed by atoms with Crippen LogP contribution in [0.15, 0.2) is 12.1 Å². The molecule has 7 nitrogen and oxygen atoms in total. The zero-order valence-electron chi connectivity index (χ0n) is 8.50. The van der Waals surface area contributed by atoms with Gasteiger partial charge in [0.15, 0.2) is 5.78 Å². The molecule has 0 unspecified atom stereocenters. The lowest BCUT2D eigenvalue weighted by molar-refractivity contribution is -0.386. The average Bonchev–Trinajstić information content (AvgIpc) is 2.28. The Balaban J connectivity index is 2.70. The summed E-state index contributed by atoms with van der Waals surface area (Å²) in [5.41, 5.74) is -0.829. The van der Waals surface area contributed by atoms with Gasteiger partial charge < -0.3 is 9.84 Å². The molecule has 2 rings (SSSR count). The number of carbonyl (C=O) groups excluding carboxylic acids is 1. The topological polar surface area (TPSA) is 107 Å². The lowest BCUT2D eigenvalue weighted by Crippen LogP contribution is -2.17. The number of carboxylic acid groups (broad SMARTS) is 1. The smallest absolute Gasteiger partial charge is 0.335 e. The Labute approximate surface area is 94.8 Å². The molecule has 0 fully saturated rings. The van der Waals surface area contributed by atoms with E-state index < -0.39 is 16.6 Å². The van der Waals surface area contributed by atoms with Gasteiger partial charge in [0, 0.05) is 12.5 Å². The van der Waals surface area contributed by atoms with Crippen molar-refractivity contribution in [2.45, 2.75) is 6.42 Å². The largest absolute Gasteiger partial charge is 0.486 e. The van der Waals surface area contributed by atoms with E-state index in [0.29, 0.717) is 0 Å². The molecular weight excluding hydrogens is 230 g/mol. The Bertz CT molecular complexity index is 519. The summed E-state index contributed by atoms with van der Waals surface area (Å²) < 4.78 is 5.07. The standard InChI is InChI=1S/C10H7NO6/c12-8-1-2-17-9-6(8)3-5(10(13)14)4-7(9)11(15)16/h3-4H,1-2H2,(H,13,14). The van der Waals surface area contributed by atoms with Crippen LogP contribution in [0.5, 0.6) is 5.75 Å². The number of hydrogen-bond donors (Lipinski definition) is 1. The van der Waals surface area contributed by atoms with E-state index in [0.717, 1.165) is 12.1 Å². The molecule has 0 saturated carbocycles. The van der Waals surface area contributed by atoms with E-state index in [-0.39, 0.29) is 35.7 Å². The highest BCUT2D eigenvalue weighted by Gasteiger charge is 2.29. The van der Waals surface area contributed by atoms with Crippen molar-refractivity contribution >= 4 is 17.4 Å². The fourth-order valence-corrected chi connectivity index (χ4v) is 1.61. The third kappa shape index (κ3) is 1.82. The van der Waals surface area contributed by atoms with Gasteiger partial charge in [0.2, 0.25) is 5.75 Å². The number of carbonyl (C=O) groups is 2. The molecular formula is C10H7NO6. The Morgan fingerprint density at radius 3 is 2.76 bits per heavy atom. The number of nitro groups is 1. The van der Waals surface area contributed by atoms with Gasteiger partial charge in [0.05, 0.1) is 22.7 Å². The van der Waals surface area contributed by atoms with Gasteiger partial charge >= 0.3 is 11.7 Å². The van der Waals surface area contributed by atoms with E-state index in [2.05, 4.69) is 0 Å². The van der Waals surface area contributed by atoms with Crippen LogP contribution in [0.2, 0.25) is 0 Å². The second-order valence-electron chi connectivity index (χ2n) is 3.46. The summed E-state index contributed by atoms with van der Waals surface area (Å²) in [6.07, 6.45) is 0.0905. The summed E-state index contributed by atoms with van der Waals surface area (Å²) >= 11 is 0. The van der Waals surface area contributed by atoms with Gasteiger partial charge in [0.1, 0.15) is 0 Å². The van der Waals surface area contributed by atoms with E-state index in [1.54, 1.807) is 0 Å². The van der Waals surface area contributed by atoms with Gasteiger partial charge in [-0.2, -0.15) is 0 Å². The minimum absolute atomic E-state index is 0.0390. The first kappa shape index (κ1) is 11.1. The zero-order chi connectivity index (χ0) is 12.6. The number of Topliss-reactive ketones (excluding diaryl/α,β-unsaturated/α-hetero) is 1. The Kier molecular flexibility index (Phi) is 2.51. The molecule has 0 amide bonds. The molecule has 0 atom stereocenters. The molecule has 1 aliphatic rings. The Morgan fingerprint density at radius 1 is 1.47 bits per heavy atom. The Morgan fingerprint density at radius 2 is 2.18 bits per heavy atom. The molecule has 0 spiro atoms. The molecule has 0 aromatic heterocycles. The van der Waals surface area contributed by atoms with Gasteiger partial charge in [-0.25, -0.2) is 4.79 Å². The monoisotopic (exact) mass is 237 g/mol. The van der Waals surface area contributed by atoms with Crippen LogP contribution in [-0.4, -0.2) is 28.4 Å². The molecule has 7 heteroatoms. The van der Waals surface area contributed by atoms with E-state index >= 15 is 0 Å². The van der Waals surface area contributed by atoms with Crippen LogP contribution >= 0.6 is 0 Å². The van der Waals surface area contributed by atoms with Crippen LogP contribution in [0.4, 0.5) is 5.69 Å². The van der Waals surface area contributed by atoms with Gasteiger partial charge in [-0.3, -0.25) is 14.9 Å². The number of rotatable bonds is 2. The summed E-state index contributed by atoms with van der Waals surface area (Å²) in [4.78, 5) is 32.3. The molecule has 17 heavy (non-hydrogen) atoms. The van der Waals surface area contributed by atoms with Crippen LogP contribution in [0.25, 0.3) is 0 Å². The summed E-state index contributed by atoms with van der Waals surface area (Å²) in [5.74, 6) is -1.82. The van der Waals surface area contributed by atoms with Crippen molar-refractivity contribution in [3.8, 4) is 5.75 Å². The summed E-state index contributed by atoms with van der Waals surface area (Å²) in [7, 11) is 0. The fraction of sp³-hybridized carbons (Fsp3) is 0.200. The lowest BCUT2D eigenvalue weighted by atomic mass is 10.0. The molecule has 1 N–H and O–H groups in total. The number of hydrogen-bond acceptors (Lipinski definition) is 5. The number of aromatic carboxylic acids is 1. The van der Waals surface area contributed by atoms with Crippen molar-refractivity contribution in [1.82, 2.24) is 0 Å². The fourth-order valence-electron chi connectivity index (χ4n) is 1.61. The van der Waals surface area contributed by atoms with Gasteiger partial charge in [-0.15, -0.1) is 0 Å². The van der Waals surface area contributed by atoms with Crippen molar-refractivity contribution in [3.63, 3.8) is 0 Å². The van der Waals surface area contributed by atoms with E-state index in [1.165, 1.54) is 0 Å². The minimum atomic E-state index is -1.32. The molecule has 0 aliphatic carbocycles. The quantitative estimate of drug-likeness (QED) is 0.612. The molecule has 1 aromatic carbocycles. The van der Waals surface area contributed by atoms with Gasteiger partial charge in [0.25, 0.3) is 0 Å². The van der Waals surface area contributed by atoms with Crippen LogP contribution in [0.3, 0.4) is 0 Å². The number of ether oxygens (including phenoxy) is 1. The summed E-state index contributed by atoms with van der Waals surface area (Å²) in [6.45, 7) is 0.0685. The van der Waals surface area contributed by atoms with Crippen molar-refractivity contribution in [3.05, 3.63) is 33.4 Å². The van der Waals surface area contributed by atoms with E-state index in [4.69, 9.17) is 9.84 Å². The second kappa shape index (κ2) is 3.85. The lowest BCUT2D eigenvalue weighted by Gasteiger charge is -2.16. The first-order valence-corrected chi connectivity index (χ1v) is 4.72. The molecule has 1 heterocycles.